The first-order valence-corrected chi connectivity index (χ1v) is 7.64. The van der Waals surface area contributed by atoms with Crippen LogP contribution in [-0.2, 0) is 13.0 Å². The molecule has 0 fully saturated rings. The third-order valence-electron chi connectivity index (χ3n) is 3.14. The first-order chi connectivity index (χ1) is 9.56. The second-order valence-electron chi connectivity index (χ2n) is 4.81. The molecule has 0 aliphatic rings. The van der Waals surface area contributed by atoms with Crippen LogP contribution in [0.5, 0.6) is 0 Å². The minimum atomic E-state index is -0.197. The van der Waals surface area contributed by atoms with Gasteiger partial charge in [0.25, 0.3) is 0 Å². The Morgan fingerprint density at radius 1 is 1.20 bits per heavy atom. The van der Waals surface area contributed by atoms with Crippen molar-refractivity contribution in [2.75, 3.05) is 0 Å². The predicted molar refractivity (Wildman–Crippen MR) is 85.6 cm³/mol. The van der Waals surface area contributed by atoms with Crippen LogP contribution >= 0.6 is 27.5 Å². The van der Waals surface area contributed by atoms with Crippen LogP contribution in [-0.4, -0.2) is 6.04 Å². The molecule has 4 heteroatoms. The lowest BCUT2D eigenvalue weighted by molar-refractivity contribution is 0.525. The van der Waals surface area contributed by atoms with Gasteiger partial charge in [-0.2, -0.15) is 0 Å². The summed E-state index contributed by atoms with van der Waals surface area (Å²) in [5, 5.41) is 4.09. The Bertz CT molecular complexity index is 588. The monoisotopic (exact) mass is 355 g/mol. The molecule has 0 aromatic heterocycles. The molecule has 2 rings (SSSR count). The van der Waals surface area contributed by atoms with E-state index >= 15 is 0 Å². The molecule has 1 N–H and O–H groups in total. The highest BCUT2D eigenvalue weighted by atomic mass is 79.9. The zero-order valence-electron chi connectivity index (χ0n) is 11.2. The number of benzene rings is 2. The molecule has 0 radical (unpaired) electrons. The summed E-state index contributed by atoms with van der Waals surface area (Å²) in [5.41, 5.74) is 1.77. The summed E-state index contributed by atoms with van der Waals surface area (Å²) >= 11 is 9.39. The van der Waals surface area contributed by atoms with Crippen molar-refractivity contribution in [3.05, 3.63) is 68.9 Å². The molecule has 0 amide bonds. The summed E-state index contributed by atoms with van der Waals surface area (Å²) in [6, 6.07) is 13.1. The molecule has 20 heavy (non-hydrogen) atoms. The van der Waals surface area contributed by atoms with Crippen LogP contribution in [0.2, 0.25) is 5.02 Å². The van der Waals surface area contributed by atoms with Gasteiger partial charge in [0.1, 0.15) is 5.82 Å². The Balaban J connectivity index is 1.92. The second kappa shape index (κ2) is 7.21. The summed E-state index contributed by atoms with van der Waals surface area (Å²) in [7, 11) is 0. The number of halogens is 3. The quantitative estimate of drug-likeness (QED) is 0.798. The highest BCUT2D eigenvalue weighted by Gasteiger charge is 2.08. The minimum Gasteiger partial charge on any atom is -0.310 e. The van der Waals surface area contributed by atoms with Gasteiger partial charge in [0.15, 0.2) is 0 Å². The van der Waals surface area contributed by atoms with E-state index in [1.807, 2.05) is 30.3 Å². The largest absolute Gasteiger partial charge is 0.310 e. The second-order valence-corrected chi connectivity index (χ2v) is 6.14. The molecule has 2 aromatic carbocycles. The van der Waals surface area contributed by atoms with Crippen molar-refractivity contribution in [2.45, 2.75) is 25.9 Å². The van der Waals surface area contributed by atoms with E-state index in [1.54, 1.807) is 6.07 Å². The molecule has 0 saturated carbocycles. The molecule has 1 atom stereocenters. The van der Waals surface area contributed by atoms with Gasteiger partial charge in [0.05, 0.1) is 0 Å². The van der Waals surface area contributed by atoms with Crippen LogP contribution in [0.3, 0.4) is 0 Å². The molecule has 0 heterocycles. The minimum absolute atomic E-state index is 0.197. The zero-order chi connectivity index (χ0) is 14.5. The molecular weight excluding hydrogens is 341 g/mol. The van der Waals surface area contributed by atoms with Crippen molar-refractivity contribution in [3.63, 3.8) is 0 Å². The summed E-state index contributed by atoms with van der Waals surface area (Å²) < 4.78 is 14.5. The summed E-state index contributed by atoms with van der Waals surface area (Å²) in [6.45, 7) is 2.57. The first-order valence-electron chi connectivity index (χ1n) is 6.47. The van der Waals surface area contributed by atoms with Crippen molar-refractivity contribution >= 4 is 27.5 Å². The Labute approximate surface area is 132 Å². The summed E-state index contributed by atoms with van der Waals surface area (Å²) in [4.78, 5) is 0. The van der Waals surface area contributed by atoms with Crippen LogP contribution in [0, 0.1) is 5.82 Å². The molecule has 0 saturated heterocycles. The van der Waals surface area contributed by atoms with Crippen molar-refractivity contribution in [3.8, 4) is 0 Å². The third-order valence-corrected chi connectivity index (χ3v) is 4.00. The Morgan fingerprint density at radius 2 is 1.95 bits per heavy atom. The van der Waals surface area contributed by atoms with E-state index in [4.69, 9.17) is 11.6 Å². The number of hydrogen-bond acceptors (Lipinski definition) is 1. The van der Waals surface area contributed by atoms with Crippen LogP contribution in [0.1, 0.15) is 18.1 Å². The van der Waals surface area contributed by atoms with Gasteiger partial charge in [0, 0.05) is 27.6 Å². The molecule has 1 nitrogen and oxygen atoms in total. The van der Waals surface area contributed by atoms with Gasteiger partial charge in [-0.15, -0.1) is 0 Å². The fraction of sp³-hybridized carbons (Fsp3) is 0.250. The normalized spacial score (nSPS) is 12.4. The lowest BCUT2D eigenvalue weighted by atomic mass is 10.1. The smallest absolute Gasteiger partial charge is 0.128 e. The summed E-state index contributed by atoms with van der Waals surface area (Å²) in [5.74, 6) is -0.197. The van der Waals surface area contributed by atoms with Crippen LogP contribution < -0.4 is 5.32 Å². The van der Waals surface area contributed by atoms with Gasteiger partial charge in [-0.3, -0.25) is 0 Å². The molecule has 0 spiro atoms. The maximum atomic E-state index is 13.7. The van der Waals surface area contributed by atoms with Crippen molar-refractivity contribution in [1.29, 1.82) is 0 Å². The van der Waals surface area contributed by atoms with E-state index in [2.05, 4.69) is 28.2 Å². The van der Waals surface area contributed by atoms with Crippen LogP contribution in [0.25, 0.3) is 0 Å². The Hall–Kier alpha value is -0.900. The lowest BCUT2D eigenvalue weighted by Gasteiger charge is -2.15. The SMILES string of the molecule is CC(Cc1ccccc1Cl)NCc1ccc(Br)cc1F. The molecule has 0 aliphatic carbocycles. The van der Waals surface area contributed by atoms with Crippen LogP contribution in [0.4, 0.5) is 4.39 Å². The van der Waals surface area contributed by atoms with E-state index in [1.165, 1.54) is 6.07 Å². The van der Waals surface area contributed by atoms with Gasteiger partial charge in [-0.05, 0) is 37.1 Å². The Kier molecular flexibility index (Phi) is 5.58. The van der Waals surface area contributed by atoms with Crippen molar-refractivity contribution in [2.24, 2.45) is 0 Å². The summed E-state index contributed by atoms with van der Waals surface area (Å²) in [6.07, 6.45) is 0.817. The van der Waals surface area contributed by atoms with E-state index < -0.39 is 0 Å². The molecule has 106 valence electrons. The van der Waals surface area contributed by atoms with Gasteiger partial charge in [-0.1, -0.05) is 51.8 Å². The predicted octanol–water partition coefficient (Wildman–Crippen LogP) is 4.96. The number of hydrogen-bond donors (Lipinski definition) is 1. The van der Waals surface area contributed by atoms with Gasteiger partial charge in [0.2, 0.25) is 0 Å². The van der Waals surface area contributed by atoms with E-state index in [0.29, 0.717) is 12.1 Å². The molecule has 0 bridgehead atoms. The van der Waals surface area contributed by atoms with Gasteiger partial charge in [-0.25, -0.2) is 4.39 Å². The van der Waals surface area contributed by atoms with E-state index in [9.17, 15) is 4.39 Å². The lowest BCUT2D eigenvalue weighted by Crippen LogP contribution is -2.28. The third kappa shape index (κ3) is 4.30. The van der Waals surface area contributed by atoms with Crippen molar-refractivity contribution in [1.82, 2.24) is 5.32 Å². The van der Waals surface area contributed by atoms with E-state index in [-0.39, 0.29) is 11.9 Å². The highest BCUT2D eigenvalue weighted by molar-refractivity contribution is 9.10. The van der Waals surface area contributed by atoms with Gasteiger partial charge < -0.3 is 5.32 Å². The average Bonchev–Trinajstić information content (AvgIpc) is 2.40. The first kappa shape index (κ1) is 15.5. The molecule has 2 aromatic rings. The standard InChI is InChI=1S/C16H16BrClFN/c1-11(8-12-4-2-3-5-15(12)18)20-10-13-6-7-14(17)9-16(13)19/h2-7,9,11,20H,8,10H2,1H3. The zero-order valence-corrected chi connectivity index (χ0v) is 13.5. The Morgan fingerprint density at radius 3 is 2.65 bits per heavy atom. The van der Waals surface area contributed by atoms with Crippen molar-refractivity contribution < 1.29 is 4.39 Å². The van der Waals surface area contributed by atoms with E-state index in [0.717, 1.165) is 21.5 Å². The maximum absolute atomic E-state index is 13.7. The van der Waals surface area contributed by atoms with Gasteiger partial charge >= 0.3 is 0 Å². The topological polar surface area (TPSA) is 12.0 Å². The molecule has 0 aliphatic heterocycles. The molecule has 1 unspecified atom stereocenters. The molecular formula is C16H16BrClFN. The number of rotatable bonds is 5. The fourth-order valence-electron chi connectivity index (χ4n) is 2.02. The average molecular weight is 357 g/mol. The van der Waals surface area contributed by atoms with Crippen LogP contribution in [0.15, 0.2) is 46.9 Å². The highest BCUT2D eigenvalue weighted by Crippen LogP contribution is 2.18. The fourth-order valence-corrected chi connectivity index (χ4v) is 2.56. The number of nitrogens with one attached hydrogen (secondary N) is 1. The maximum Gasteiger partial charge on any atom is 0.128 e.